The molecule has 4 heteroatoms. The van der Waals surface area contributed by atoms with Gasteiger partial charge in [-0.25, -0.2) is 9.69 Å². The number of hydrogen-bond donors (Lipinski definition) is 1. The van der Waals surface area contributed by atoms with Gasteiger partial charge in [-0.1, -0.05) is 42.5 Å². The van der Waals surface area contributed by atoms with Crippen LogP contribution in [0.2, 0.25) is 0 Å². The van der Waals surface area contributed by atoms with E-state index in [1.54, 1.807) is 6.07 Å². The lowest BCUT2D eigenvalue weighted by Gasteiger charge is -2.31. The Morgan fingerprint density at radius 1 is 1.05 bits per heavy atom. The number of nitrogens with one attached hydrogen (secondary N) is 1. The summed E-state index contributed by atoms with van der Waals surface area (Å²) < 4.78 is 0. The molecule has 0 aliphatic carbocycles. The van der Waals surface area contributed by atoms with E-state index >= 15 is 0 Å². The summed E-state index contributed by atoms with van der Waals surface area (Å²) >= 11 is 0. The van der Waals surface area contributed by atoms with Crippen LogP contribution in [0.15, 0.2) is 54.6 Å². The number of hydrogen-bond acceptors (Lipinski definition) is 2. The van der Waals surface area contributed by atoms with E-state index in [1.807, 2.05) is 55.5 Å². The van der Waals surface area contributed by atoms with E-state index in [1.165, 1.54) is 4.90 Å². The Hall–Kier alpha value is -2.62. The monoisotopic (exact) mass is 280 g/mol. The van der Waals surface area contributed by atoms with Crippen LogP contribution in [0.4, 0.5) is 10.5 Å². The molecule has 0 bridgehead atoms. The van der Waals surface area contributed by atoms with E-state index in [9.17, 15) is 9.59 Å². The number of carbonyl (C=O) groups excluding carboxylic acids is 2. The van der Waals surface area contributed by atoms with Gasteiger partial charge < -0.3 is 5.32 Å². The first-order valence-electron chi connectivity index (χ1n) is 6.90. The number of carbonyl (C=O) groups is 2. The number of anilines is 1. The van der Waals surface area contributed by atoms with E-state index < -0.39 is 0 Å². The van der Waals surface area contributed by atoms with Crippen LogP contribution in [0.1, 0.15) is 17.0 Å². The Kier molecular flexibility index (Phi) is 3.44. The minimum absolute atomic E-state index is 0.185. The van der Waals surface area contributed by atoms with Crippen LogP contribution in [0.3, 0.4) is 0 Å². The first-order chi connectivity index (χ1) is 10.2. The predicted octanol–water partition coefficient (Wildman–Crippen LogP) is 2.84. The summed E-state index contributed by atoms with van der Waals surface area (Å²) in [5.41, 5.74) is 2.54. The first kappa shape index (κ1) is 13.4. The summed E-state index contributed by atoms with van der Waals surface area (Å²) in [4.78, 5) is 26.0. The molecule has 0 aromatic heterocycles. The number of aryl methyl sites for hydroxylation is 1. The fraction of sp³-hybridized carbons (Fsp3) is 0.176. The number of rotatable bonds is 2. The van der Waals surface area contributed by atoms with E-state index in [4.69, 9.17) is 0 Å². The van der Waals surface area contributed by atoms with Crippen molar-refractivity contribution in [1.82, 2.24) is 5.32 Å². The van der Waals surface area contributed by atoms with Gasteiger partial charge in [0, 0.05) is 6.54 Å². The second kappa shape index (κ2) is 5.40. The normalized spacial score (nSPS) is 18.5. The predicted molar refractivity (Wildman–Crippen MR) is 81.2 cm³/mol. The third kappa shape index (κ3) is 2.52. The number of urea groups is 1. The molecule has 2 aromatic rings. The Morgan fingerprint density at radius 3 is 2.52 bits per heavy atom. The molecule has 4 nitrogen and oxygen atoms in total. The van der Waals surface area contributed by atoms with Crippen molar-refractivity contribution in [3.05, 3.63) is 65.7 Å². The molecule has 1 N–H and O–H groups in total. The van der Waals surface area contributed by atoms with Gasteiger partial charge in [0.15, 0.2) is 0 Å². The average molecular weight is 280 g/mol. The fourth-order valence-electron chi connectivity index (χ4n) is 2.57. The second-order valence-corrected chi connectivity index (χ2v) is 5.16. The highest BCUT2D eigenvalue weighted by Crippen LogP contribution is 2.26. The smallest absolute Gasteiger partial charge is 0.328 e. The molecular formula is C17H16N2O2. The molecule has 1 saturated heterocycles. The molecule has 0 radical (unpaired) electrons. The molecule has 0 spiro atoms. The third-order valence-electron chi connectivity index (χ3n) is 3.64. The Bertz CT molecular complexity index is 682. The van der Waals surface area contributed by atoms with Gasteiger partial charge in [-0.3, -0.25) is 4.79 Å². The van der Waals surface area contributed by atoms with Crippen molar-refractivity contribution in [3.63, 3.8) is 0 Å². The lowest BCUT2D eigenvalue weighted by Crippen LogP contribution is -2.54. The summed E-state index contributed by atoms with van der Waals surface area (Å²) in [5.74, 6) is -0.528. The zero-order valence-electron chi connectivity index (χ0n) is 11.7. The zero-order valence-corrected chi connectivity index (χ0v) is 11.7. The largest absolute Gasteiger partial charge is 0.336 e. The molecular weight excluding hydrogens is 264 g/mol. The van der Waals surface area contributed by atoms with Gasteiger partial charge in [0.25, 0.3) is 0 Å². The van der Waals surface area contributed by atoms with Crippen molar-refractivity contribution in [2.24, 2.45) is 0 Å². The van der Waals surface area contributed by atoms with Crippen LogP contribution in [0.25, 0.3) is 0 Å². The maximum absolute atomic E-state index is 12.7. The van der Waals surface area contributed by atoms with Crippen molar-refractivity contribution < 1.29 is 9.59 Å². The summed E-state index contributed by atoms with van der Waals surface area (Å²) in [7, 11) is 0. The number of benzene rings is 2. The minimum atomic E-state index is -0.363. The highest BCUT2D eigenvalue weighted by Gasteiger charge is 2.35. The van der Waals surface area contributed by atoms with Crippen molar-refractivity contribution in [3.8, 4) is 0 Å². The van der Waals surface area contributed by atoms with Crippen LogP contribution in [-0.2, 0) is 4.79 Å². The molecule has 1 unspecified atom stereocenters. The Labute approximate surface area is 123 Å². The molecule has 1 aliphatic rings. The van der Waals surface area contributed by atoms with Gasteiger partial charge in [0.05, 0.1) is 11.6 Å². The average Bonchev–Trinajstić information content (AvgIpc) is 2.48. The van der Waals surface area contributed by atoms with Gasteiger partial charge in [-0.15, -0.1) is 0 Å². The topological polar surface area (TPSA) is 49.4 Å². The minimum Gasteiger partial charge on any atom is -0.336 e. The van der Waals surface area contributed by atoms with Crippen LogP contribution < -0.4 is 10.2 Å². The number of nitrogens with zero attached hydrogens (tertiary/aromatic N) is 1. The summed E-state index contributed by atoms with van der Waals surface area (Å²) in [6.45, 7) is 2.27. The Morgan fingerprint density at radius 2 is 1.81 bits per heavy atom. The van der Waals surface area contributed by atoms with Crippen LogP contribution >= 0.6 is 0 Å². The Balaban J connectivity index is 1.96. The first-order valence-corrected chi connectivity index (χ1v) is 6.90. The molecule has 21 heavy (non-hydrogen) atoms. The zero-order chi connectivity index (χ0) is 14.8. The molecule has 106 valence electrons. The molecule has 1 aliphatic heterocycles. The summed E-state index contributed by atoms with van der Waals surface area (Å²) in [6, 6.07) is 16.6. The SMILES string of the molecule is Cc1cccc(N2C(=O)NCC(c3ccccc3)C2=O)c1. The quantitative estimate of drug-likeness (QED) is 0.919. The standard InChI is InChI=1S/C17H16N2O2/c1-12-6-5-9-14(10-12)19-16(20)15(11-18-17(19)21)13-7-3-2-4-8-13/h2-10,15H,11H2,1H3,(H,18,21). The summed E-state index contributed by atoms with van der Waals surface area (Å²) in [6.07, 6.45) is 0. The fourth-order valence-corrected chi connectivity index (χ4v) is 2.57. The van der Waals surface area contributed by atoms with E-state index in [0.717, 1.165) is 11.1 Å². The maximum atomic E-state index is 12.7. The number of imide groups is 1. The van der Waals surface area contributed by atoms with Gasteiger partial charge in [0.1, 0.15) is 0 Å². The van der Waals surface area contributed by atoms with Crippen LogP contribution in [0.5, 0.6) is 0 Å². The molecule has 1 fully saturated rings. The van der Waals surface area contributed by atoms with Gasteiger partial charge in [-0.2, -0.15) is 0 Å². The number of amides is 3. The second-order valence-electron chi connectivity index (χ2n) is 5.16. The molecule has 2 aromatic carbocycles. The van der Waals surface area contributed by atoms with Gasteiger partial charge in [0.2, 0.25) is 5.91 Å². The van der Waals surface area contributed by atoms with E-state index in [2.05, 4.69) is 5.32 Å². The highest BCUT2D eigenvalue weighted by molar-refractivity contribution is 6.18. The maximum Gasteiger partial charge on any atom is 0.328 e. The lowest BCUT2D eigenvalue weighted by molar-refractivity contribution is -0.119. The highest BCUT2D eigenvalue weighted by atomic mass is 16.2. The van der Waals surface area contributed by atoms with Gasteiger partial charge >= 0.3 is 6.03 Å². The molecule has 0 saturated carbocycles. The lowest BCUT2D eigenvalue weighted by atomic mass is 9.95. The molecule has 3 rings (SSSR count). The molecule has 1 atom stereocenters. The van der Waals surface area contributed by atoms with E-state index in [0.29, 0.717) is 12.2 Å². The van der Waals surface area contributed by atoms with Crippen LogP contribution in [0, 0.1) is 6.92 Å². The molecule has 3 amide bonds. The molecule has 1 heterocycles. The van der Waals surface area contributed by atoms with E-state index in [-0.39, 0.29) is 17.9 Å². The van der Waals surface area contributed by atoms with Crippen molar-refractivity contribution in [2.45, 2.75) is 12.8 Å². The van der Waals surface area contributed by atoms with Crippen molar-refractivity contribution >= 4 is 17.6 Å². The van der Waals surface area contributed by atoms with Crippen molar-refractivity contribution in [2.75, 3.05) is 11.4 Å². The van der Waals surface area contributed by atoms with Crippen LogP contribution in [-0.4, -0.2) is 18.5 Å². The van der Waals surface area contributed by atoms with Gasteiger partial charge in [-0.05, 0) is 30.2 Å². The summed E-state index contributed by atoms with van der Waals surface area (Å²) in [5, 5.41) is 2.80. The van der Waals surface area contributed by atoms with Crippen molar-refractivity contribution in [1.29, 1.82) is 0 Å². The third-order valence-corrected chi connectivity index (χ3v) is 3.64.